The Morgan fingerprint density at radius 1 is 1.21 bits per heavy atom. The Morgan fingerprint density at radius 3 is 2.67 bits per heavy atom. The molecule has 1 aliphatic carbocycles. The van der Waals surface area contributed by atoms with Gasteiger partial charge in [0.15, 0.2) is 0 Å². The molecule has 2 aromatic rings. The summed E-state index contributed by atoms with van der Waals surface area (Å²) in [5.41, 5.74) is -0.123. The predicted molar refractivity (Wildman–Crippen MR) is 146 cm³/mol. The SMILES string of the molecule is CC[C@]12C=CCN3CC[C@@]4(c5ccc(OC)cc5N(C)[C@H]4C(O)(CNC(=O)c4ccncc4)[C@@H]1OC(C)=O)C32. The average Bonchev–Trinajstić information content (AvgIpc) is 3.46. The zero-order chi connectivity index (χ0) is 27.6. The van der Waals surface area contributed by atoms with Gasteiger partial charge in [-0.1, -0.05) is 25.1 Å². The molecule has 2 fully saturated rings. The quantitative estimate of drug-likeness (QED) is 0.432. The van der Waals surface area contributed by atoms with E-state index in [2.05, 4.69) is 45.2 Å². The molecule has 1 amide bonds. The van der Waals surface area contributed by atoms with Gasteiger partial charge >= 0.3 is 5.97 Å². The second-order valence-corrected chi connectivity index (χ2v) is 11.4. The second-order valence-electron chi connectivity index (χ2n) is 11.4. The van der Waals surface area contributed by atoms with Crippen LogP contribution in [0.2, 0.25) is 0 Å². The Balaban J connectivity index is 1.55. The number of carbonyl (C=O) groups is 2. The van der Waals surface area contributed by atoms with Gasteiger partial charge in [-0.15, -0.1) is 0 Å². The van der Waals surface area contributed by atoms with E-state index in [1.807, 2.05) is 19.2 Å². The van der Waals surface area contributed by atoms with Crippen LogP contribution in [0, 0.1) is 5.41 Å². The normalized spacial score (nSPS) is 34.2. The highest BCUT2D eigenvalue weighted by Gasteiger charge is 2.77. The Hall–Kier alpha value is -3.43. The summed E-state index contributed by atoms with van der Waals surface area (Å²) in [6.07, 6.45) is 8.04. The maximum absolute atomic E-state index is 13.2. The first-order valence-corrected chi connectivity index (χ1v) is 13.6. The van der Waals surface area contributed by atoms with Crippen LogP contribution in [0.5, 0.6) is 5.75 Å². The summed E-state index contributed by atoms with van der Waals surface area (Å²) in [6, 6.07) is 8.96. The molecule has 4 heterocycles. The maximum Gasteiger partial charge on any atom is 0.303 e. The summed E-state index contributed by atoms with van der Waals surface area (Å²) in [5, 5.41) is 16.0. The van der Waals surface area contributed by atoms with Crippen LogP contribution in [-0.2, 0) is 14.9 Å². The van der Waals surface area contributed by atoms with E-state index in [9.17, 15) is 14.7 Å². The predicted octanol–water partition coefficient (Wildman–Crippen LogP) is 2.29. The largest absolute Gasteiger partial charge is 0.497 e. The molecule has 0 bridgehead atoms. The smallest absolute Gasteiger partial charge is 0.303 e. The van der Waals surface area contributed by atoms with Crippen molar-refractivity contribution in [3.8, 4) is 5.75 Å². The van der Waals surface area contributed by atoms with Crippen molar-refractivity contribution >= 4 is 17.6 Å². The van der Waals surface area contributed by atoms with Gasteiger partial charge in [0, 0.05) is 67.1 Å². The van der Waals surface area contributed by atoms with Gasteiger partial charge in [0.2, 0.25) is 0 Å². The lowest BCUT2D eigenvalue weighted by atomic mass is 9.47. The minimum absolute atomic E-state index is 0.00243. The van der Waals surface area contributed by atoms with E-state index in [0.29, 0.717) is 12.0 Å². The van der Waals surface area contributed by atoms with Crippen molar-refractivity contribution < 1.29 is 24.2 Å². The molecule has 1 aromatic heterocycles. The zero-order valence-electron chi connectivity index (χ0n) is 22.9. The number of fused-ring (bicyclic) bond motifs is 1. The topological polar surface area (TPSA) is 104 Å². The van der Waals surface area contributed by atoms with Crippen LogP contribution in [0.3, 0.4) is 0 Å². The highest BCUT2D eigenvalue weighted by atomic mass is 16.6. The van der Waals surface area contributed by atoms with Crippen molar-refractivity contribution in [2.45, 2.75) is 55.9 Å². The first-order chi connectivity index (χ1) is 18.7. The number of benzene rings is 1. The Kier molecular flexibility index (Phi) is 6.00. The van der Waals surface area contributed by atoms with Crippen LogP contribution < -0.4 is 15.0 Å². The minimum Gasteiger partial charge on any atom is -0.497 e. The number of carbonyl (C=O) groups excluding carboxylic acids is 2. The summed E-state index contributed by atoms with van der Waals surface area (Å²) >= 11 is 0. The van der Waals surface area contributed by atoms with Gasteiger partial charge < -0.3 is 24.8 Å². The number of esters is 1. The van der Waals surface area contributed by atoms with Gasteiger partial charge in [-0.3, -0.25) is 19.5 Å². The summed E-state index contributed by atoms with van der Waals surface area (Å²) < 4.78 is 11.7. The molecule has 4 aliphatic rings. The van der Waals surface area contributed by atoms with Crippen LogP contribution >= 0.6 is 0 Å². The van der Waals surface area contributed by atoms with Crippen molar-refractivity contribution in [3.63, 3.8) is 0 Å². The van der Waals surface area contributed by atoms with Crippen molar-refractivity contribution in [2.24, 2.45) is 5.41 Å². The Bertz CT molecular complexity index is 1330. The summed E-state index contributed by atoms with van der Waals surface area (Å²) in [4.78, 5) is 34.5. The lowest BCUT2D eigenvalue weighted by Gasteiger charge is -2.64. The van der Waals surface area contributed by atoms with E-state index in [4.69, 9.17) is 9.47 Å². The molecule has 2 N–H and O–H groups in total. The van der Waals surface area contributed by atoms with Crippen LogP contribution in [-0.4, -0.2) is 84.4 Å². The number of rotatable bonds is 6. The van der Waals surface area contributed by atoms with Gasteiger partial charge in [-0.25, -0.2) is 0 Å². The van der Waals surface area contributed by atoms with Gasteiger partial charge in [-0.2, -0.15) is 0 Å². The number of hydrogen-bond acceptors (Lipinski definition) is 8. The molecule has 9 heteroatoms. The number of ether oxygens (including phenoxy) is 2. The first-order valence-electron chi connectivity index (χ1n) is 13.6. The van der Waals surface area contributed by atoms with Crippen molar-refractivity contribution in [3.05, 3.63) is 66.0 Å². The number of aromatic nitrogens is 1. The van der Waals surface area contributed by atoms with Crippen LogP contribution in [0.25, 0.3) is 0 Å². The molecule has 1 saturated carbocycles. The van der Waals surface area contributed by atoms with Crippen molar-refractivity contribution in [1.82, 2.24) is 15.2 Å². The Morgan fingerprint density at radius 2 is 1.97 bits per heavy atom. The number of likely N-dealkylation sites (N-methyl/N-ethyl adjacent to an activating group) is 1. The van der Waals surface area contributed by atoms with Crippen molar-refractivity contribution in [2.75, 3.05) is 38.7 Å². The highest BCUT2D eigenvalue weighted by molar-refractivity contribution is 5.94. The van der Waals surface area contributed by atoms with Crippen LogP contribution in [0.4, 0.5) is 5.69 Å². The molecular weight excluding hydrogens is 496 g/mol. The highest BCUT2D eigenvalue weighted by Crippen LogP contribution is 2.67. The number of hydrogen-bond donors (Lipinski definition) is 2. The van der Waals surface area contributed by atoms with E-state index < -0.39 is 34.5 Å². The van der Waals surface area contributed by atoms with Gasteiger partial charge in [-0.05, 0) is 43.1 Å². The first kappa shape index (κ1) is 25.8. The fourth-order valence-electron chi connectivity index (χ4n) is 8.47. The molecule has 2 unspecified atom stereocenters. The number of pyridine rings is 1. The molecule has 1 aromatic carbocycles. The van der Waals surface area contributed by atoms with Gasteiger partial charge in [0.05, 0.1) is 19.7 Å². The Labute approximate surface area is 228 Å². The standard InChI is InChI=1S/C30H36N4O5/c1-5-28-11-6-15-34-16-12-29(25(28)34)22-8-7-21(38-4)17-23(22)33(3)26(29)30(37,27(28)39-19(2)35)18-32-24(36)20-9-13-31-14-10-20/h6-11,13-14,17,25-27,37H,5,12,15-16,18H2,1-4H3,(H,32,36)/t25?,26-,27-,28-,29-,30?/m1/s1. The average molecular weight is 533 g/mol. The summed E-state index contributed by atoms with van der Waals surface area (Å²) in [5.74, 6) is -0.0365. The third-order valence-electron chi connectivity index (χ3n) is 9.69. The van der Waals surface area contributed by atoms with E-state index in [1.54, 1.807) is 31.6 Å². The monoisotopic (exact) mass is 532 g/mol. The van der Waals surface area contributed by atoms with E-state index in [0.717, 1.165) is 36.5 Å². The number of nitrogens with zero attached hydrogens (tertiary/aromatic N) is 3. The molecular formula is C30H36N4O5. The summed E-state index contributed by atoms with van der Waals surface area (Å²) in [6.45, 7) is 5.06. The number of amides is 1. The van der Waals surface area contributed by atoms with E-state index in [-0.39, 0.29) is 18.5 Å². The van der Waals surface area contributed by atoms with Crippen molar-refractivity contribution in [1.29, 1.82) is 0 Å². The number of methoxy groups -OCH3 is 1. The molecule has 3 aliphatic heterocycles. The summed E-state index contributed by atoms with van der Waals surface area (Å²) in [7, 11) is 3.63. The molecule has 1 spiro atoms. The third-order valence-corrected chi connectivity index (χ3v) is 9.69. The molecule has 6 atom stereocenters. The lowest BCUT2D eigenvalue weighted by Crippen LogP contribution is -2.81. The molecule has 206 valence electrons. The van der Waals surface area contributed by atoms with Gasteiger partial charge in [0.25, 0.3) is 5.91 Å². The van der Waals surface area contributed by atoms with E-state index >= 15 is 0 Å². The van der Waals surface area contributed by atoms with Gasteiger partial charge in [0.1, 0.15) is 17.5 Å². The molecule has 39 heavy (non-hydrogen) atoms. The molecule has 6 rings (SSSR count). The minimum atomic E-state index is -1.61. The molecule has 0 radical (unpaired) electrons. The molecule has 9 nitrogen and oxygen atoms in total. The number of aliphatic hydroxyl groups is 1. The van der Waals surface area contributed by atoms with Crippen LogP contribution in [0.15, 0.2) is 54.9 Å². The number of anilines is 1. The maximum atomic E-state index is 13.2. The van der Waals surface area contributed by atoms with E-state index in [1.165, 1.54) is 6.92 Å². The lowest BCUT2D eigenvalue weighted by molar-refractivity contribution is -0.216. The fraction of sp³-hybridized carbons (Fsp3) is 0.500. The number of nitrogens with one attached hydrogen (secondary N) is 1. The van der Waals surface area contributed by atoms with Crippen LogP contribution in [0.1, 0.15) is 42.6 Å². The zero-order valence-corrected chi connectivity index (χ0v) is 22.9. The fourth-order valence-corrected chi connectivity index (χ4v) is 8.47. The third kappa shape index (κ3) is 3.42. The molecule has 1 saturated heterocycles. The second kappa shape index (κ2) is 9.06.